The van der Waals surface area contributed by atoms with Crippen LogP contribution in [0, 0.1) is 6.92 Å². The number of hydrogen-bond donors (Lipinski definition) is 1. The fourth-order valence-corrected chi connectivity index (χ4v) is 4.06. The van der Waals surface area contributed by atoms with Crippen molar-refractivity contribution in [3.63, 3.8) is 0 Å². The van der Waals surface area contributed by atoms with Crippen LogP contribution >= 0.6 is 11.8 Å². The predicted molar refractivity (Wildman–Crippen MR) is 119 cm³/mol. The number of rotatable bonds is 7. The molecule has 0 unspecified atom stereocenters. The van der Waals surface area contributed by atoms with Gasteiger partial charge in [0.25, 0.3) is 0 Å². The second-order valence-electron chi connectivity index (χ2n) is 7.57. The van der Waals surface area contributed by atoms with E-state index in [4.69, 9.17) is 4.52 Å². The highest BCUT2D eigenvalue weighted by molar-refractivity contribution is 7.99. The highest BCUT2D eigenvalue weighted by atomic mass is 32.2. The highest BCUT2D eigenvalue weighted by Gasteiger charge is 2.31. The van der Waals surface area contributed by atoms with Gasteiger partial charge in [-0.2, -0.15) is 0 Å². The summed E-state index contributed by atoms with van der Waals surface area (Å²) in [7, 11) is 0. The van der Waals surface area contributed by atoms with Crippen LogP contribution in [0.2, 0.25) is 0 Å². The summed E-state index contributed by atoms with van der Waals surface area (Å²) in [6.07, 6.45) is 2.26. The largest absolute Gasteiger partial charge is 0.338 e. The van der Waals surface area contributed by atoms with E-state index in [2.05, 4.69) is 25.2 Å². The van der Waals surface area contributed by atoms with E-state index in [0.29, 0.717) is 22.7 Å². The molecule has 0 saturated heterocycles. The Bertz CT molecular complexity index is 1200. The Morgan fingerprint density at radius 3 is 2.65 bits per heavy atom. The third-order valence-corrected chi connectivity index (χ3v) is 6.00. The number of amides is 1. The summed E-state index contributed by atoms with van der Waals surface area (Å²) in [4.78, 5) is 12.5. The van der Waals surface area contributed by atoms with Gasteiger partial charge in [-0.25, -0.2) is 0 Å². The second kappa shape index (κ2) is 8.39. The lowest BCUT2D eigenvalue weighted by atomic mass is 10.1. The molecule has 8 heteroatoms. The maximum atomic E-state index is 12.5. The van der Waals surface area contributed by atoms with Gasteiger partial charge in [0.1, 0.15) is 11.5 Å². The van der Waals surface area contributed by atoms with Crippen LogP contribution in [-0.2, 0) is 4.79 Å². The molecule has 1 amide bonds. The van der Waals surface area contributed by atoms with Gasteiger partial charge in [0, 0.05) is 23.2 Å². The van der Waals surface area contributed by atoms with Crippen LogP contribution in [0.4, 0.5) is 5.88 Å². The van der Waals surface area contributed by atoms with Gasteiger partial charge >= 0.3 is 0 Å². The van der Waals surface area contributed by atoms with E-state index >= 15 is 0 Å². The summed E-state index contributed by atoms with van der Waals surface area (Å²) in [6.45, 7) is 2.03. The van der Waals surface area contributed by atoms with Crippen LogP contribution in [0.3, 0.4) is 0 Å². The monoisotopic (exact) mass is 431 g/mol. The number of carbonyl (C=O) groups is 1. The molecule has 1 saturated carbocycles. The van der Waals surface area contributed by atoms with Crippen molar-refractivity contribution in [3.05, 3.63) is 72.1 Å². The molecule has 1 aliphatic rings. The lowest BCUT2D eigenvalue weighted by Gasteiger charge is -2.09. The molecular formula is C23H21N5O2S. The molecule has 1 fully saturated rings. The number of carbonyl (C=O) groups excluding carboxylic acids is 1. The number of aryl methyl sites for hydroxylation is 1. The van der Waals surface area contributed by atoms with Gasteiger partial charge in [-0.15, -0.1) is 10.2 Å². The number of para-hydroxylation sites is 1. The van der Waals surface area contributed by atoms with Gasteiger partial charge < -0.3 is 4.52 Å². The molecule has 5 rings (SSSR count). The first kappa shape index (κ1) is 19.6. The lowest BCUT2D eigenvalue weighted by Crippen LogP contribution is -2.14. The minimum absolute atomic E-state index is 0.188. The SMILES string of the molecule is Cc1ccc(-c2cc(NC(=O)CSc3nnc(C4CC4)n3-c3ccccc3)on2)cc1. The van der Waals surface area contributed by atoms with Crippen molar-refractivity contribution in [1.82, 2.24) is 19.9 Å². The second-order valence-corrected chi connectivity index (χ2v) is 8.51. The van der Waals surface area contributed by atoms with E-state index < -0.39 is 0 Å². The number of nitrogens with zero attached hydrogens (tertiary/aromatic N) is 4. The zero-order valence-corrected chi connectivity index (χ0v) is 17.8. The molecule has 2 aromatic carbocycles. The van der Waals surface area contributed by atoms with Crippen LogP contribution in [0.25, 0.3) is 16.9 Å². The van der Waals surface area contributed by atoms with Crippen molar-refractivity contribution < 1.29 is 9.32 Å². The first-order chi connectivity index (χ1) is 15.2. The summed E-state index contributed by atoms with van der Waals surface area (Å²) in [6, 6.07) is 19.7. The van der Waals surface area contributed by atoms with Gasteiger partial charge in [0.2, 0.25) is 11.8 Å². The maximum absolute atomic E-state index is 12.5. The van der Waals surface area contributed by atoms with Gasteiger partial charge in [-0.05, 0) is 31.9 Å². The summed E-state index contributed by atoms with van der Waals surface area (Å²) in [5.41, 5.74) is 3.80. The third kappa shape index (κ3) is 4.39. The highest BCUT2D eigenvalue weighted by Crippen LogP contribution is 2.41. The zero-order chi connectivity index (χ0) is 21.2. The minimum atomic E-state index is -0.188. The Morgan fingerprint density at radius 1 is 1.13 bits per heavy atom. The standard InChI is InChI=1S/C23H21N5O2S/c1-15-7-9-16(10-8-15)19-13-21(30-27-19)24-20(29)14-31-23-26-25-22(17-11-12-17)28(23)18-5-3-2-4-6-18/h2-10,13,17H,11-12,14H2,1H3,(H,24,29). The van der Waals surface area contributed by atoms with Crippen molar-refractivity contribution >= 4 is 23.6 Å². The third-order valence-electron chi connectivity index (χ3n) is 5.07. The van der Waals surface area contributed by atoms with Crippen LogP contribution in [0.5, 0.6) is 0 Å². The minimum Gasteiger partial charge on any atom is -0.338 e. The molecule has 31 heavy (non-hydrogen) atoms. The fourth-order valence-electron chi connectivity index (χ4n) is 3.30. The van der Waals surface area contributed by atoms with E-state index in [1.807, 2.05) is 61.5 Å². The Hall–Kier alpha value is -3.39. The van der Waals surface area contributed by atoms with Crippen LogP contribution in [-0.4, -0.2) is 31.6 Å². The first-order valence-electron chi connectivity index (χ1n) is 10.1. The Labute approximate surface area is 183 Å². The number of thioether (sulfide) groups is 1. The molecule has 156 valence electrons. The van der Waals surface area contributed by atoms with Gasteiger partial charge in [0.15, 0.2) is 5.16 Å². The molecule has 0 atom stereocenters. The van der Waals surface area contributed by atoms with E-state index in [1.165, 1.54) is 17.3 Å². The van der Waals surface area contributed by atoms with Crippen LogP contribution < -0.4 is 5.32 Å². The van der Waals surface area contributed by atoms with E-state index in [-0.39, 0.29) is 11.7 Å². The first-order valence-corrected chi connectivity index (χ1v) is 11.1. The molecule has 1 N–H and O–H groups in total. The summed E-state index contributed by atoms with van der Waals surface area (Å²) < 4.78 is 7.34. The number of nitrogens with one attached hydrogen (secondary N) is 1. The smallest absolute Gasteiger partial charge is 0.237 e. The zero-order valence-electron chi connectivity index (χ0n) is 17.0. The molecule has 1 aliphatic carbocycles. The normalized spacial score (nSPS) is 13.3. The van der Waals surface area contributed by atoms with Crippen LogP contribution in [0.15, 0.2) is 70.3 Å². The van der Waals surface area contributed by atoms with Crippen molar-refractivity contribution in [2.45, 2.75) is 30.8 Å². The van der Waals surface area contributed by atoms with Crippen molar-refractivity contribution in [3.8, 4) is 16.9 Å². The quantitative estimate of drug-likeness (QED) is 0.422. The topological polar surface area (TPSA) is 85.8 Å². The van der Waals surface area contributed by atoms with Crippen molar-refractivity contribution in [2.75, 3.05) is 11.1 Å². The number of hydrogen-bond acceptors (Lipinski definition) is 6. The Morgan fingerprint density at radius 2 is 1.90 bits per heavy atom. The maximum Gasteiger partial charge on any atom is 0.237 e. The summed E-state index contributed by atoms with van der Waals surface area (Å²) >= 11 is 1.36. The number of anilines is 1. The molecule has 7 nitrogen and oxygen atoms in total. The van der Waals surface area contributed by atoms with E-state index in [0.717, 1.165) is 29.9 Å². The molecule has 4 aromatic rings. The molecular weight excluding hydrogens is 410 g/mol. The average Bonchev–Trinajstić information content (AvgIpc) is 3.38. The van der Waals surface area contributed by atoms with Gasteiger partial charge in [0.05, 0.1) is 5.75 Å². The average molecular weight is 432 g/mol. The van der Waals surface area contributed by atoms with Crippen molar-refractivity contribution in [2.24, 2.45) is 0 Å². The van der Waals surface area contributed by atoms with E-state index in [1.54, 1.807) is 6.07 Å². The lowest BCUT2D eigenvalue weighted by molar-refractivity contribution is -0.113. The van der Waals surface area contributed by atoms with Crippen molar-refractivity contribution in [1.29, 1.82) is 0 Å². The molecule has 0 spiro atoms. The molecule has 2 heterocycles. The molecule has 0 bridgehead atoms. The summed E-state index contributed by atoms with van der Waals surface area (Å²) in [5.74, 6) is 1.74. The molecule has 0 aliphatic heterocycles. The Kier molecular flexibility index (Phi) is 5.30. The van der Waals surface area contributed by atoms with Gasteiger partial charge in [-0.3, -0.25) is 14.7 Å². The predicted octanol–water partition coefficient (Wildman–Crippen LogP) is 4.84. The summed E-state index contributed by atoms with van der Waals surface area (Å²) in [5, 5.41) is 16.3. The molecule has 0 radical (unpaired) electrons. The fraction of sp³-hybridized carbons (Fsp3) is 0.217. The van der Waals surface area contributed by atoms with Gasteiger partial charge in [-0.1, -0.05) is 64.9 Å². The molecule has 2 aromatic heterocycles. The van der Waals surface area contributed by atoms with Crippen LogP contribution in [0.1, 0.15) is 30.1 Å². The number of benzene rings is 2. The Balaban J connectivity index is 1.26. The number of aromatic nitrogens is 4. The van der Waals surface area contributed by atoms with E-state index in [9.17, 15) is 4.79 Å².